The molecule has 120 valence electrons. The van der Waals surface area contributed by atoms with Crippen molar-refractivity contribution in [2.75, 3.05) is 11.5 Å². The molecule has 7 nitrogen and oxygen atoms in total. The smallest absolute Gasteiger partial charge is 0.355 e. The van der Waals surface area contributed by atoms with Crippen molar-refractivity contribution >= 4 is 40.8 Å². The highest BCUT2D eigenvalue weighted by atomic mass is 35.5. The van der Waals surface area contributed by atoms with Gasteiger partial charge in [0.1, 0.15) is 12.0 Å². The van der Waals surface area contributed by atoms with Crippen molar-refractivity contribution in [1.29, 1.82) is 0 Å². The lowest BCUT2D eigenvalue weighted by molar-refractivity contribution is -0.136. The monoisotopic (exact) mass is 335 g/mol. The van der Waals surface area contributed by atoms with Crippen LogP contribution in [0.2, 0.25) is 5.02 Å². The summed E-state index contributed by atoms with van der Waals surface area (Å²) >= 11 is 5.97. The minimum absolute atomic E-state index is 0.0719. The highest BCUT2D eigenvalue weighted by molar-refractivity contribution is 6.46. The van der Waals surface area contributed by atoms with Crippen LogP contribution in [0.4, 0.5) is 5.69 Å². The molecular weight excluding hydrogens is 322 g/mol. The molecule has 2 heterocycles. The van der Waals surface area contributed by atoms with Gasteiger partial charge in [-0.3, -0.25) is 15.0 Å². The fourth-order valence-corrected chi connectivity index (χ4v) is 2.89. The van der Waals surface area contributed by atoms with Crippen LogP contribution in [0.5, 0.6) is 0 Å². The van der Waals surface area contributed by atoms with Crippen molar-refractivity contribution < 1.29 is 19.1 Å². The van der Waals surface area contributed by atoms with Gasteiger partial charge in [-0.2, -0.15) is 5.10 Å². The quantitative estimate of drug-likeness (QED) is 0.658. The Hall–Kier alpha value is -2.41. The Labute approximate surface area is 137 Å². The predicted molar refractivity (Wildman–Crippen MR) is 83.2 cm³/mol. The van der Waals surface area contributed by atoms with Crippen molar-refractivity contribution in [3.63, 3.8) is 0 Å². The molecule has 2 amide bonds. The molecule has 2 atom stereocenters. The zero-order valence-corrected chi connectivity index (χ0v) is 13.3. The van der Waals surface area contributed by atoms with Crippen molar-refractivity contribution in [2.45, 2.75) is 19.9 Å². The molecule has 3 rings (SSSR count). The molecule has 0 spiro atoms. The molecule has 0 unspecified atom stereocenters. The molecule has 2 aliphatic heterocycles. The molecule has 0 radical (unpaired) electrons. The van der Waals surface area contributed by atoms with E-state index in [0.717, 1.165) is 10.5 Å². The van der Waals surface area contributed by atoms with Gasteiger partial charge in [-0.15, -0.1) is 0 Å². The maximum Gasteiger partial charge on any atom is 0.355 e. The molecule has 1 fully saturated rings. The molecule has 2 aliphatic rings. The SMILES string of the molecule is CCOC(=O)C1=NN[C@H]2C(=O)N(c3cc(Cl)ccc3C)C(=O)[C@H]12. The second-order valence-corrected chi connectivity index (χ2v) is 5.68. The van der Waals surface area contributed by atoms with Crippen LogP contribution in [0.15, 0.2) is 23.3 Å². The molecule has 0 bridgehead atoms. The molecule has 1 saturated heterocycles. The first-order chi connectivity index (χ1) is 11.0. The van der Waals surface area contributed by atoms with E-state index in [1.54, 1.807) is 32.0 Å². The van der Waals surface area contributed by atoms with Crippen LogP contribution < -0.4 is 10.3 Å². The average molecular weight is 336 g/mol. The molecule has 8 heteroatoms. The third kappa shape index (κ3) is 2.37. The van der Waals surface area contributed by atoms with Gasteiger partial charge in [-0.1, -0.05) is 17.7 Å². The van der Waals surface area contributed by atoms with Crippen molar-refractivity contribution in [2.24, 2.45) is 11.0 Å². The predicted octanol–water partition coefficient (Wildman–Crippen LogP) is 1.03. The Bertz CT molecular complexity index is 746. The number of fused-ring (bicyclic) bond motifs is 1. The summed E-state index contributed by atoms with van der Waals surface area (Å²) in [5.74, 6) is -2.64. The largest absolute Gasteiger partial charge is 0.461 e. The number of aryl methyl sites for hydroxylation is 1. The second-order valence-electron chi connectivity index (χ2n) is 5.24. The summed E-state index contributed by atoms with van der Waals surface area (Å²) in [6.45, 7) is 3.59. The van der Waals surface area contributed by atoms with Gasteiger partial charge in [-0.25, -0.2) is 9.69 Å². The maximum absolute atomic E-state index is 12.7. The summed E-state index contributed by atoms with van der Waals surface area (Å²) in [6.07, 6.45) is 0. The van der Waals surface area contributed by atoms with Crippen LogP contribution in [0, 0.1) is 12.8 Å². The number of carbonyl (C=O) groups is 3. The fourth-order valence-electron chi connectivity index (χ4n) is 2.72. The van der Waals surface area contributed by atoms with Crippen LogP contribution in [-0.2, 0) is 19.1 Å². The normalized spacial score (nSPS) is 22.7. The van der Waals surface area contributed by atoms with E-state index in [9.17, 15) is 14.4 Å². The lowest BCUT2D eigenvalue weighted by Gasteiger charge is -2.18. The summed E-state index contributed by atoms with van der Waals surface area (Å²) in [5, 5.41) is 4.22. The third-order valence-corrected chi connectivity index (χ3v) is 4.06. The van der Waals surface area contributed by atoms with Crippen LogP contribution in [0.1, 0.15) is 12.5 Å². The molecular formula is C15H14ClN3O4. The standard InChI is InChI=1S/C15H14ClN3O4/c1-3-23-15(22)12-10-11(17-18-12)14(21)19(13(10)20)9-6-8(16)5-4-7(9)2/h4-6,10-11,17H,3H2,1-2H3/t10-,11+/m0/s1. The number of carbonyl (C=O) groups excluding carboxylic acids is 3. The van der Waals surface area contributed by atoms with Gasteiger partial charge < -0.3 is 4.74 Å². The molecule has 23 heavy (non-hydrogen) atoms. The number of hydrazone groups is 1. The first kappa shape index (κ1) is 15.5. The number of ether oxygens (including phenoxy) is 1. The van der Waals surface area contributed by atoms with Gasteiger partial charge in [0.15, 0.2) is 5.71 Å². The molecule has 0 aliphatic carbocycles. The molecule has 1 N–H and O–H groups in total. The zero-order chi connectivity index (χ0) is 16.7. The number of amides is 2. The highest BCUT2D eigenvalue weighted by Gasteiger charge is 2.56. The minimum Gasteiger partial charge on any atom is -0.461 e. The molecule has 1 aromatic rings. The van der Waals surface area contributed by atoms with E-state index in [1.165, 1.54) is 0 Å². The molecule has 1 aromatic carbocycles. The van der Waals surface area contributed by atoms with E-state index in [1.807, 2.05) is 0 Å². The summed E-state index contributed by atoms with van der Waals surface area (Å²) in [6, 6.07) is 4.06. The number of hydrogen-bond donors (Lipinski definition) is 1. The van der Waals surface area contributed by atoms with E-state index in [-0.39, 0.29) is 12.3 Å². The third-order valence-electron chi connectivity index (χ3n) is 3.82. The van der Waals surface area contributed by atoms with Gasteiger partial charge >= 0.3 is 5.97 Å². The molecule has 0 saturated carbocycles. The number of anilines is 1. The van der Waals surface area contributed by atoms with Crippen molar-refractivity contribution in [3.8, 4) is 0 Å². The number of benzene rings is 1. The van der Waals surface area contributed by atoms with Crippen molar-refractivity contribution in [3.05, 3.63) is 28.8 Å². The van der Waals surface area contributed by atoms with E-state index in [2.05, 4.69) is 10.5 Å². The number of imide groups is 1. The zero-order valence-electron chi connectivity index (χ0n) is 12.5. The summed E-state index contributed by atoms with van der Waals surface area (Å²) in [5.41, 5.74) is 3.63. The topological polar surface area (TPSA) is 88.1 Å². The van der Waals surface area contributed by atoms with Crippen LogP contribution in [0.25, 0.3) is 0 Å². The summed E-state index contributed by atoms with van der Waals surface area (Å²) in [4.78, 5) is 38.2. The van der Waals surface area contributed by atoms with E-state index in [4.69, 9.17) is 16.3 Å². The van der Waals surface area contributed by atoms with Crippen LogP contribution >= 0.6 is 11.6 Å². The number of esters is 1. The number of nitrogens with one attached hydrogen (secondary N) is 1. The summed E-state index contributed by atoms with van der Waals surface area (Å²) in [7, 11) is 0. The Balaban J connectivity index is 1.97. The minimum atomic E-state index is -0.972. The summed E-state index contributed by atoms with van der Waals surface area (Å²) < 4.78 is 4.89. The highest BCUT2D eigenvalue weighted by Crippen LogP contribution is 2.33. The number of halogens is 1. The number of hydrogen-bond acceptors (Lipinski definition) is 6. The number of rotatable bonds is 3. The van der Waals surface area contributed by atoms with Crippen LogP contribution in [-0.4, -0.2) is 36.1 Å². The lowest BCUT2D eigenvalue weighted by Crippen LogP contribution is -2.36. The molecule has 0 aromatic heterocycles. The van der Waals surface area contributed by atoms with E-state index in [0.29, 0.717) is 10.7 Å². The number of nitrogens with zero attached hydrogens (tertiary/aromatic N) is 2. The van der Waals surface area contributed by atoms with E-state index < -0.39 is 29.7 Å². The van der Waals surface area contributed by atoms with Crippen LogP contribution in [0.3, 0.4) is 0 Å². The van der Waals surface area contributed by atoms with Gasteiger partial charge in [0.2, 0.25) is 5.91 Å². The Morgan fingerprint density at radius 2 is 2.13 bits per heavy atom. The first-order valence-corrected chi connectivity index (χ1v) is 7.47. The Kier molecular flexibility index (Phi) is 3.81. The first-order valence-electron chi connectivity index (χ1n) is 7.10. The van der Waals surface area contributed by atoms with Crippen molar-refractivity contribution in [1.82, 2.24) is 5.43 Å². The van der Waals surface area contributed by atoms with Gasteiger partial charge in [-0.05, 0) is 31.5 Å². The fraction of sp³-hybridized carbons (Fsp3) is 0.333. The van der Waals surface area contributed by atoms with Gasteiger partial charge in [0, 0.05) is 5.02 Å². The Morgan fingerprint density at radius 1 is 1.39 bits per heavy atom. The lowest BCUT2D eigenvalue weighted by atomic mass is 9.99. The van der Waals surface area contributed by atoms with Gasteiger partial charge in [0.05, 0.1) is 12.3 Å². The Morgan fingerprint density at radius 3 is 2.83 bits per heavy atom. The second kappa shape index (κ2) is 5.66. The van der Waals surface area contributed by atoms with E-state index >= 15 is 0 Å². The average Bonchev–Trinajstić information content (AvgIpc) is 3.04. The maximum atomic E-state index is 12.7. The van der Waals surface area contributed by atoms with Gasteiger partial charge in [0.25, 0.3) is 5.91 Å².